The largest absolute Gasteiger partial charge is 0.395 e. The number of aliphatic hydroxyl groups excluding tert-OH is 1. The van der Waals surface area contributed by atoms with Crippen LogP contribution in [0.4, 0.5) is 5.82 Å². The van der Waals surface area contributed by atoms with Crippen LogP contribution in [0, 0.1) is 0 Å². The van der Waals surface area contributed by atoms with Gasteiger partial charge in [0.15, 0.2) is 0 Å². The number of aromatic nitrogens is 1. The predicted molar refractivity (Wildman–Crippen MR) is 82.6 cm³/mol. The number of carbonyl (C=O) groups is 1. The van der Waals surface area contributed by atoms with Crippen LogP contribution in [0.25, 0.3) is 0 Å². The number of amides is 1. The first-order valence-corrected chi connectivity index (χ1v) is 7.45. The summed E-state index contributed by atoms with van der Waals surface area (Å²) in [4.78, 5) is 22.9. The Morgan fingerprint density at radius 2 is 2.10 bits per heavy atom. The van der Waals surface area contributed by atoms with Gasteiger partial charge in [0.05, 0.1) is 6.61 Å². The van der Waals surface area contributed by atoms with Gasteiger partial charge in [0.1, 0.15) is 5.82 Å². The number of piperazine rings is 1. The van der Waals surface area contributed by atoms with E-state index in [1.54, 1.807) is 17.2 Å². The molecular formula is C15H24N4O2. The lowest BCUT2D eigenvalue weighted by Crippen LogP contribution is -2.44. The first-order valence-electron chi connectivity index (χ1n) is 7.45. The SMILES string of the molecule is CCN(CCO)C(=O)c1ccnc(N2CCN(C)CC2)c1. The Balaban J connectivity index is 2.11. The van der Waals surface area contributed by atoms with Crippen molar-refractivity contribution in [1.29, 1.82) is 0 Å². The van der Waals surface area contributed by atoms with Crippen LogP contribution in [0.2, 0.25) is 0 Å². The molecule has 1 fully saturated rings. The van der Waals surface area contributed by atoms with Crippen LogP contribution in [-0.4, -0.2) is 78.7 Å². The Labute approximate surface area is 126 Å². The summed E-state index contributed by atoms with van der Waals surface area (Å²) < 4.78 is 0. The molecule has 2 rings (SSSR count). The average Bonchev–Trinajstić information content (AvgIpc) is 2.53. The number of aliphatic hydroxyl groups is 1. The third kappa shape index (κ3) is 3.92. The number of nitrogens with zero attached hydrogens (tertiary/aromatic N) is 4. The molecule has 1 aromatic heterocycles. The van der Waals surface area contributed by atoms with Gasteiger partial charge in [-0.25, -0.2) is 4.98 Å². The minimum Gasteiger partial charge on any atom is -0.395 e. The van der Waals surface area contributed by atoms with Gasteiger partial charge in [0.25, 0.3) is 5.91 Å². The second-order valence-electron chi connectivity index (χ2n) is 5.30. The van der Waals surface area contributed by atoms with E-state index in [2.05, 4.69) is 21.8 Å². The second kappa shape index (κ2) is 7.38. The van der Waals surface area contributed by atoms with Crippen LogP contribution >= 0.6 is 0 Å². The molecule has 0 spiro atoms. The van der Waals surface area contributed by atoms with E-state index in [0.29, 0.717) is 18.7 Å². The Hall–Kier alpha value is -1.66. The normalized spacial score (nSPS) is 16.0. The fraction of sp³-hybridized carbons (Fsp3) is 0.600. The number of anilines is 1. The van der Waals surface area contributed by atoms with Gasteiger partial charge >= 0.3 is 0 Å². The van der Waals surface area contributed by atoms with Crippen molar-refractivity contribution in [2.75, 3.05) is 57.8 Å². The summed E-state index contributed by atoms with van der Waals surface area (Å²) in [5.41, 5.74) is 0.634. The first kappa shape index (κ1) is 15.7. The molecule has 0 radical (unpaired) electrons. The minimum atomic E-state index is -0.0515. The van der Waals surface area contributed by atoms with Crippen molar-refractivity contribution in [1.82, 2.24) is 14.8 Å². The van der Waals surface area contributed by atoms with Gasteiger partial charge in [-0.2, -0.15) is 0 Å². The van der Waals surface area contributed by atoms with Crippen molar-refractivity contribution in [3.05, 3.63) is 23.9 Å². The van der Waals surface area contributed by atoms with E-state index >= 15 is 0 Å². The van der Waals surface area contributed by atoms with E-state index in [-0.39, 0.29) is 12.5 Å². The summed E-state index contributed by atoms with van der Waals surface area (Å²) in [5, 5.41) is 9.03. The zero-order chi connectivity index (χ0) is 15.2. The van der Waals surface area contributed by atoms with E-state index < -0.39 is 0 Å². The molecule has 21 heavy (non-hydrogen) atoms. The molecule has 2 heterocycles. The van der Waals surface area contributed by atoms with Gasteiger partial charge < -0.3 is 19.8 Å². The Kier molecular flexibility index (Phi) is 5.52. The van der Waals surface area contributed by atoms with Gasteiger partial charge in [-0.05, 0) is 26.1 Å². The third-order valence-electron chi connectivity index (χ3n) is 3.86. The maximum atomic E-state index is 12.4. The van der Waals surface area contributed by atoms with Gasteiger partial charge in [0.2, 0.25) is 0 Å². The van der Waals surface area contributed by atoms with E-state index in [1.165, 1.54) is 0 Å². The molecular weight excluding hydrogens is 268 g/mol. The Morgan fingerprint density at radius 3 is 2.71 bits per heavy atom. The van der Waals surface area contributed by atoms with Crippen molar-refractivity contribution in [2.45, 2.75) is 6.92 Å². The van der Waals surface area contributed by atoms with Crippen molar-refractivity contribution >= 4 is 11.7 Å². The molecule has 0 atom stereocenters. The molecule has 1 aliphatic rings. The van der Waals surface area contributed by atoms with Crippen LogP contribution in [0.5, 0.6) is 0 Å². The number of likely N-dealkylation sites (N-methyl/N-ethyl adjacent to an activating group) is 2. The summed E-state index contributed by atoms with van der Waals surface area (Å²) in [6.07, 6.45) is 1.69. The van der Waals surface area contributed by atoms with Crippen LogP contribution in [0.3, 0.4) is 0 Å². The zero-order valence-electron chi connectivity index (χ0n) is 12.8. The first-order chi connectivity index (χ1) is 10.2. The molecule has 0 bridgehead atoms. The van der Waals surface area contributed by atoms with Crippen molar-refractivity contribution < 1.29 is 9.90 Å². The molecule has 0 aromatic carbocycles. The van der Waals surface area contributed by atoms with E-state index in [0.717, 1.165) is 32.0 Å². The van der Waals surface area contributed by atoms with Crippen molar-refractivity contribution in [3.63, 3.8) is 0 Å². The van der Waals surface area contributed by atoms with Gasteiger partial charge in [-0.1, -0.05) is 0 Å². The van der Waals surface area contributed by atoms with Crippen LogP contribution in [0.1, 0.15) is 17.3 Å². The van der Waals surface area contributed by atoms with Gasteiger partial charge in [-0.15, -0.1) is 0 Å². The van der Waals surface area contributed by atoms with Crippen LogP contribution < -0.4 is 4.90 Å². The van der Waals surface area contributed by atoms with E-state index in [1.807, 2.05) is 13.0 Å². The molecule has 0 saturated carbocycles. The lowest BCUT2D eigenvalue weighted by atomic mass is 10.2. The quantitative estimate of drug-likeness (QED) is 0.845. The highest BCUT2D eigenvalue weighted by molar-refractivity contribution is 5.94. The topological polar surface area (TPSA) is 59.9 Å². The van der Waals surface area contributed by atoms with Crippen LogP contribution in [-0.2, 0) is 0 Å². The maximum Gasteiger partial charge on any atom is 0.254 e. The molecule has 1 aromatic rings. The fourth-order valence-corrected chi connectivity index (χ4v) is 2.47. The monoisotopic (exact) mass is 292 g/mol. The fourth-order valence-electron chi connectivity index (χ4n) is 2.47. The maximum absolute atomic E-state index is 12.4. The summed E-state index contributed by atoms with van der Waals surface area (Å²) in [6, 6.07) is 3.59. The number of hydrogen-bond acceptors (Lipinski definition) is 5. The summed E-state index contributed by atoms with van der Waals surface area (Å²) in [7, 11) is 2.11. The smallest absolute Gasteiger partial charge is 0.254 e. The van der Waals surface area contributed by atoms with Gasteiger partial charge in [-0.3, -0.25) is 4.79 Å². The number of hydrogen-bond donors (Lipinski definition) is 1. The molecule has 116 valence electrons. The number of carbonyl (C=O) groups excluding carboxylic acids is 1. The number of pyridine rings is 1. The molecule has 0 unspecified atom stereocenters. The minimum absolute atomic E-state index is 0.0179. The molecule has 0 aliphatic carbocycles. The lowest BCUT2D eigenvalue weighted by Gasteiger charge is -2.33. The molecule has 1 N–H and O–H groups in total. The predicted octanol–water partition coefficient (Wildman–Crippen LogP) is 0.288. The summed E-state index contributed by atoms with van der Waals surface area (Å²) in [5.74, 6) is 0.804. The van der Waals surface area contributed by atoms with E-state index in [4.69, 9.17) is 5.11 Å². The molecule has 6 nitrogen and oxygen atoms in total. The lowest BCUT2D eigenvalue weighted by molar-refractivity contribution is 0.0732. The standard InChI is InChI=1S/C15H24N4O2/c1-3-18(10-11-20)15(21)13-4-5-16-14(12-13)19-8-6-17(2)7-9-19/h4-5,12,20H,3,6-11H2,1-2H3. The van der Waals surface area contributed by atoms with Crippen molar-refractivity contribution in [2.24, 2.45) is 0 Å². The highest BCUT2D eigenvalue weighted by Gasteiger charge is 2.18. The highest BCUT2D eigenvalue weighted by atomic mass is 16.3. The van der Waals surface area contributed by atoms with Gasteiger partial charge in [0, 0.05) is 51.0 Å². The Bertz CT molecular complexity index is 472. The zero-order valence-corrected chi connectivity index (χ0v) is 12.8. The average molecular weight is 292 g/mol. The molecule has 1 aliphatic heterocycles. The second-order valence-corrected chi connectivity index (χ2v) is 5.30. The summed E-state index contributed by atoms with van der Waals surface area (Å²) >= 11 is 0. The number of rotatable bonds is 5. The highest BCUT2D eigenvalue weighted by Crippen LogP contribution is 2.16. The molecule has 1 saturated heterocycles. The van der Waals surface area contributed by atoms with Crippen molar-refractivity contribution in [3.8, 4) is 0 Å². The summed E-state index contributed by atoms with van der Waals surface area (Å²) in [6.45, 7) is 6.71. The van der Waals surface area contributed by atoms with Crippen LogP contribution in [0.15, 0.2) is 18.3 Å². The molecule has 6 heteroatoms. The molecule has 1 amide bonds. The van der Waals surface area contributed by atoms with E-state index in [9.17, 15) is 4.79 Å². The Morgan fingerprint density at radius 1 is 1.38 bits per heavy atom. The third-order valence-corrected chi connectivity index (χ3v) is 3.86.